The first-order valence-electron chi connectivity index (χ1n) is 6.10. The zero-order chi connectivity index (χ0) is 16.4. The van der Waals surface area contributed by atoms with Gasteiger partial charge in [0.1, 0.15) is 0 Å². The van der Waals surface area contributed by atoms with Crippen LogP contribution in [0.5, 0.6) is 0 Å². The zero-order valence-corrected chi connectivity index (χ0v) is 17.4. The number of nitrogens with one attached hydrogen (secondary N) is 2. The second-order valence-electron chi connectivity index (χ2n) is 3.84. The Morgan fingerprint density at radius 3 is 1.46 bits per heavy atom. The third-order valence-corrected chi connectivity index (χ3v) is 2.37. The molecule has 0 saturated heterocycles. The van der Waals surface area contributed by atoms with Crippen LogP contribution in [0.1, 0.15) is 0 Å². The summed E-state index contributed by atoms with van der Waals surface area (Å²) in [5, 5.41) is 18.3. The van der Waals surface area contributed by atoms with Gasteiger partial charge in [-0.2, -0.15) is 0 Å². The molecule has 0 spiro atoms. The van der Waals surface area contributed by atoms with E-state index in [9.17, 15) is 4.79 Å². The molecule has 2 amide bonds. The normalized spacial score (nSPS) is 8.21. The van der Waals surface area contributed by atoms with Crippen molar-refractivity contribution in [1.82, 2.24) is 10.9 Å². The van der Waals surface area contributed by atoms with Crippen LogP contribution in [0.25, 0.3) is 0 Å². The van der Waals surface area contributed by atoms with Crippen LogP contribution >= 0.6 is 0 Å². The zero-order valence-electron chi connectivity index (χ0n) is 13.4. The third kappa shape index (κ3) is 9.78. The summed E-state index contributed by atoms with van der Waals surface area (Å²) < 4.78 is 0. The largest absolute Gasteiger partial charge is 1.00 e. The molecule has 0 unspecified atom stereocenters. The quantitative estimate of drug-likeness (QED) is 0.219. The predicted molar refractivity (Wildman–Crippen MR) is 76.3 cm³/mol. The van der Waals surface area contributed by atoms with E-state index in [0.29, 0.717) is 0 Å². The van der Waals surface area contributed by atoms with Gasteiger partial charge in [0.05, 0.1) is 11.4 Å². The van der Waals surface area contributed by atoms with Gasteiger partial charge in [-0.15, -0.1) is 0 Å². The van der Waals surface area contributed by atoms with Gasteiger partial charge in [0.2, 0.25) is 0 Å². The molecule has 0 aliphatic heterocycles. The van der Waals surface area contributed by atoms with E-state index in [1.165, 1.54) is 0 Å². The van der Waals surface area contributed by atoms with Gasteiger partial charge >= 0.3 is 65.1 Å². The molecule has 0 heterocycles. The first-order chi connectivity index (χ1) is 10.5. The van der Waals surface area contributed by atoms with Gasteiger partial charge in [-0.3, -0.25) is 10.4 Å². The van der Waals surface area contributed by atoms with Crippen LogP contribution in [0.3, 0.4) is 0 Å². The molecule has 0 radical (unpaired) electrons. The number of nitrogens with zero attached hydrogens (tertiary/aromatic N) is 1. The number of rotatable bonds is 3. The first kappa shape index (κ1) is 25.0. The van der Waals surface area contributed by atoms with Crippen LogP contribution in [-0.4, -0.2) is 12.2 Å². The van der Waals surface area contributed by atoms with Crippen LogP contribution in [0.15, 0.2) is 60.7 Å². The number of hydrazine groups is 2. The number of hydrogen-bond acceptors (Lipinski definition) is 6. The van der Waals surface area contributed by atoms with Crippen LogP contribution in [0, 0.1) is 0 Å². The number of carbonyl (C=O) groups is 2. The summed E-state index contributed by atoms with van der Waals surface area (Å²) in [5.41, 5.74) is 6.38. The summed E-state index contributed by atoms with van der Waals surface area (Å²) in [6, 6.07) is 18.5. The molecule has 10 heteroatoms. The molecule has 0 fully saturated rings. The number of carbonyl (C=O) groups excluding carboxylic acids is 2. The monoisotopic (exact) mass is 348 g/mol. The van der Waals surface area contributed by atoms with Gasteiger partial charge in [0, 0.05) is 0 Å². The maximum absolute atomic E-state index is 11.4. The first-order valence-corrected chi connectivity index (χ1v) is 6.10. The number of para-hydroxylation sites is 2. The van der Waals surface area contributed by atoms with E-state index in [-0.39, 0.29) is 59.1 Å². The fourth-order valence-electron chi connectivity index (χ4n) is 1.57. The van der Waals surface area contributed by atoms with Crippen molar-refractivity contribution in [3.05, 3.63) is 60.7 Å². The molecule has 8 nitrogen and oxygen atoms in total. The average molecular weight is 348 g/mol. The molecule has 0 aliphatic carbocycles. The van der Waals surface area contributed by atoms with Crippen molar-refractivity contribution in [1.29, 1.82) is 0 Å². The Balaban J connectivity index is 0. The second-order valence-corrected chi connectivity index (χ2v) is 3.84. The number of benzene rings is 2. The molecule has 2 rings (SSSR count). The number of hydrogen-bond donors (Lipinski definition) is 3. The Bertz CT molecular complexity index is 559. The van der Waals surface area contributed by atoms with Gasteiger partial charge in [0.25, 0.3) is 0 Å². The van der Waals surface area contributed by atoms with E-state index >= 15 is 0 Å². The van der Waals surface area contributed by atoms with Gasteiger partial charge in [-0.05, 0) is 30.4 Å². The van der Waals surface area contributed by atoms with Crippen LogP contribution in [0.2, 0.25) is 0 Å². The fourth-order valence-corrected chi connectivity index (χ4v) is 1.57. The number of amides is 2. The van der Waals surface area contributed by atoms with Crippen molar-refractivity contribution in [2.75, 3.05) is 5.01 Å². The summed E-state index contributed by atoms with van der Waals surface area (Å²) in [6.07, 6.45) is -2.33. The Labute approximate surface area is 183 Å². The molecule has 0 aromatic heterocycles. The fraction of sp³-hybridized carbons (Fsp3) is 0. The summed E-state index contributed by atoms with van der Waals surface area (Å²) >= 11 is 0. The molecule has 2 aromatic carbocycles. The molecule has 0 atom stereocenters. The summed E-state index contributed by atoms with van der Waals surface area (Å²) in [6.45, 7) is 0. The third-order valence-electron chi connectivity index (χ3n) is 2.37. The topological polar surface area (TPSA) is 134 Å². The van der Waals surface area contributed by atoms with Gasteiger partial charge in [-0.1, -0.05) is 36.4 Å². The minimum atomic E-state index is -2.33. The molecule has 24 heavy (non-hydrogen) atoms. The van der Waals surface area contributed by atoms with E-state index in [1.807, 2.05) is 66.1 Å². The van der Waals surface area contributed by atoms with Crippen molar-refractivity contribution in [3.63, 3.8) is 0 Å². The van der Waals surface area contributed by atoms with Crippen molar-refractivity contribution < 1.29 is 78.9 Å². The molecule has 0 saturated carbocycles. The van der Waals surface area contributed by atoms with Crippen molar-refractivity contribution in [3.8, 4) is 0 Å². The number of urea groups is 1. The van der Waals surface area contributed by atoms with Crippen molar-refractivity contribution in [2.24, 2.45) is 5.84 Å². The standard InChI is InChI=1S/C13H14N4O.CH2O3.2Na/c14-15-13(18)16-17(11-7-3-1-4-8-11)12-9-5-2-6-10-12;2-1(3)4;;/h1-10H,14H2,(H2,15,16,18);(H2,2,3,4);;/q;;2*+1/p-2. The van der Waals surface area contributed by atoms with Crippen LogP contribution < -0.4 is 91.0 Å². The van der Waals surface area contributed by atoms with Gasteiger partial charge < -0.3 is 15.0 Å². The van der Waals surface area contributed by atoms with Crippen molar-refractivity contribution in [2.45, 2.75) is 0 Å². The smallest absolute Gasteiger partial charge is 0.652 e. The van der Waals surface area contributed by atoms with E-state index in [4.69, 9.17) is 20.9 Å². The second kappa shape index (κ2) is 14.1. The molecular weight excluding hydrogens is 334 g/mol. The van der Waals surface area contributed by atoms with Crippen LogP contribution in [0.4, 0.5) is 21.0 Å². The number of carboxylic acid groups (broad SMARTS) is 2. The maximum atomic E-state index is 11.4. The van der Waals surface area contributed by atoms with E-state index in [1.54, 1.807) is 5.01 Å². The minimum absolute atomic E-state index is 0. The molecule has 4 N–H and O–H groups in total. The van der Waals surface area contributed by atoms with E-state index in [0.717, 1.165) is 11.4 Å². The Hall–Kier alpha value is -1.26. The predicted octanol–water partition coefficient (Wildman–Crippen LogP) is -6.53. The molecular formula is C14H14N4Na2O4. The average Bonchev–Trinajstić information content (AvgIpc) is 2.53. The Morgan fingerprint density at radius 1 is 0.833 bits per heavy atom. The van der Waals surface area contributed by atoms with Crippen LogP contribution in [-0.2, 0) is 0 Å². The molecule has 0 bridgehead atoms. The summed E-state index contributed by atoms with van der Waals surface area (Å²) in [5.74, 6) is 5.09. The minimum Gasteiger partial charge on any atom is -0.652 e. The number of nitrogens with two attached hydrogens (primary N) is 1. The van der Waals surface area contributed by atoms with E-state index in [2.05, 4.69) is 5.43 Å². The number of anilines is 2. The molecule has 0 aliphatic rings. The Morgan fingerprint density at radius 2 is 1.17 bits per heavy atom. The van der Waals surface area contributed by atoms with Gasteiger partial charge in [0.15, 0.2) is 0 Å². The SMILES string of the molecule is NNC(=O)NN(c1ccccc1)c1ccccc1.O=C([O-])[O-].[Na+].[Na+]. The van der Waals surface area contributed by atoms with E-state index < -0.39 is 12.2 Å². The van der Waals surface area contributed by atoms with Gasteiger partial charge in [-0.25, -0.2) is 16.1 Å². The molecule has 2 aromatic rings. The summed E-state index contributed by atoms with van der Waals surface area (Å²) in [4.78, 5) is 19.7. The maximum Gasteiger partial charge on any atom is 1.00 e. The van der Waals surface area contributed by atoms with Crippen molar-refractivity contribution >= 4 is 23.6 Å². The Kier molecular flexibility index (Phi) is 14.7. The molecule has 116 valence electrons. The summed E-state index contributed by atoms with van der Waals surface area (Å²) in [7, 11) is 0.